The number of hydrogen-bond acceptors (Lipinski definition) is 4. The molecule has 1 heterocycles. The van der Waals surface area contributed by atoms with Crippen LogP contribution in [0, 0.1) is 5.82 Å². The van der Waals surface area contributed by atoms with Crippen molar-refractivity contribution in [3.05, 3.63) is 66.1 Å². The molecular weight excluding hydrogens is 398 g/mol. The van der Waals surface area contributed by atoms with E-state index in [2.05, 4.69) is 4.98 Å². The van der Waals surface area contributed by atoms with Crippen LogP contribution in [0.2, 0.25) is 0 Å². The number of halogens is 4. The first-order valence-electron chi connectivity index (χ1n) is 7.82. The van der Waals surface area contributed by atoms with Gasteiger partial charge in [-0.1, -0.05) is 24.3 Å². The molecule has 0 radical (unpaired) electrons. The van der Waals surface area contributed by atoms with Gasteiger partial charge in [0.15, 0.2) is 5.69 Å². The molecule has 0 fully saturated rings. The fourth-order valence-corrected chi connectivity index (χ4v) is 3.07. The second-order valence-electron chi connectivity index (χ2n) is 5.70. The Labute approximate surface area is 160 Å². The van der Waals surface area contributed by atoms with Gasteiger partial charge in [0.25, 0.3) is 0 Å². The highest BCUT2D eigenvalue weighted by atomic mass is 32.2. The highest BCUT2D eigenvalue weighted by Gasteiger charge is 2.38. The van der Waals surface area contributed by atoms with E-state index in [9.17, 15) is 26.3 Å². The van der Waals surface area contributed by atoms with Crippen molar-refractivity contribution in [2.24, 2.45) is 0 Å². The topological polar surface area (TPSA) is 62.2 Å². The molecule has 0 aliphatic heterocycles. The Bertz CT molecular complexity index is 1020. The van der Waals surface area contributed by atoms with Crippen LogP contribution in [0.15, 0.2) is 59.5 Å². The maximum absolute atomic E-state index is 13.7. The molecule has 0 amide bonds. The van der Waals surface area contributed by atoms with E-state index >= 15 is 0 Å². The second-order valence-corrected chi connectivity index (χ2v) is 6.64. The predicted molar refractivity (Wildman–Crippen MR) is 93.8 cm³/mol. The van der Waals surface area contributed by atoms with Gasteiger partial charge >= 0.3 is 6.18 Å². The molecule has 9 heteroatoms. The van der Waals surface area contributed by atoms with Crippen LogP contribution >= 0.6 is 0 Å². The number of hydrogen-bond donors (Lipinski definition) is 0. The lowest BCUT2D eigenvalue weighted by Crippen LogP contribution is -2.12. The molecule has 1 atom stereocenters. The van der Waals surface area contributed by atoms with Crippen molar-refractivity contribution in [1.29, 1.82) is 0 Å². The van der Waals surface area contributed by atoms with Crippen molar-refractivity contribution >= 4 is 11.1 Å². The number of alkyl halides is 3. The fourth-order valence-electron chi connectivity index (χ4n) is 2.71. The number of methoxy groups -OCH3 is 1. The summed E-state index contributed by atoms with van der Waals surface area (Å²) in [7, 11) is 1.19. The largest absolute Gasteiger partial charge is 0.768 e. The Morgan fingerprint density at radius 3 is 2.07 bits per heavy atom. The van der Waals surface area contributed by atoms with Crippen LogP contribution in [0.1, 0.15) is 5.69 Å². The molecule has 28 heavy (non-hydrogen) atoms. The molecule has 1 unspecified atom stereocenters. The standard InChI is InChI=1S/C19H13F4NO3S/c1-27-16-10-15(11-4-8-14(9-5-11)28(25)26)17(18(24-16)19(21,22)23)12-2-6-13(20)7-3-12/h2-10H,1H3,(H,25,26)/p-1. The quantitative estimate of drug-likeness (QED) is 0.457. The summed E-state index contributed by atoms with van der Waals surface area (Å²) in [5.41, 5.74) is -0.904. The van der Waals surface area contributed by atoms with Gasteiger partial charge in [0, 0.05) is 16.5 Å². The average Bonchev–Trinajstić information content (AvgIpc) is 2.67. The Morgan fingerprint density at radius 2 is 1.57 bits per heavy atom. The molecule has 1 aromatic heterocycles. The lowest BCUT2D eigenvalue weighted by molar-refractivity contribution is -0.140. The summed E-state index contributed by atoms with van der Waals surface area (Å²) in [6, 6.07) is 11.2. The lowest BCUT2D eigenvalue weighted by Gasteiger charge is -2.18. The zero-order valence-corrected chi connectivity index (χ0v) is 15.1. The number of nitrogens with zero attached hydrogens (tertiary/aromatic N) is 1. The van der Waals surface area contributed by atoms with Gasteiger partial charge in [0.2, 0.25) is 5.88 Å². The highest BCUT2D eigenvalue weighted by Crippen LogP contribution is 2.43. The molecule has 4 nitrogen and oxygen atoms in total. The normalized spacial score (nSPS) is 12.6. The molecule has 3 aromatic rings. The summed E-state index contributed by atoms with van der Waals surface area (Å²) < 4.78 is 81.4. The van der Waals surface area contributed by atoms with Crippen molar-refractivity contribution in [2.45, 2.75) is 11.1 Å². The monoisotopic (exact) mass is 410 g/mol. The third-order valence-electron chi connectivity index (χ3n) is 3.96. The van der Waals surface area contributed by atoms with Crippen LogP contribution in [0.4, 0.5) is 17.6 Å². The van der Waals surface area contributed by atoms with Gasteiger partial charge in [-0.25, -0.2) is 9.37 Å². The maximum Gasteiger partial charge on any atom is 0.434 e. The fraction of sp³-hybridized carbons (Fsp3) is 0.105. The van der Waals surface area contributed by atoms with E-state index in [1.165, 1.54) is 49.6 Å². The first-order valence-corrected chi connectivity index (χ1v) is 8.90. The molecule has 3 rings (SSSR count). The third-order valence-corrected chi connectivity index (χ3v) is 4.62. The average molecular weight is 410 g/mol. The number of aromatic nitrogens is 1. The summed E-state index contributed by atoms with van der Waals surface area (Å²) in [5.74, 6) is -0.854. The van der Waals surface area contributed by atoms with Crippen LogP contribution < -0.4 is 4.74 Å². The lowest BCUT2D eigenvalue weighted by atomic mass is 9.93. The van der Waals surface area contributed by atoms with E-state index in [4.69, 9.17) is 4.74 Å². The predicted octanol–water partition coefficient (Wildman–Crippen LogP) is 4.82. The number of pyridine rings is 1. The summed E-state index contributed by atoms with van der Waals surface area (Å²) >= 11 is -2.47. The van der Waals surface area contributed by atoms with Crippen LogP contribution in [-0.4, -0.2) is 20.9 Å². The minimum atomic E-state index is -4.80. The zero-order valence-electron chi connectivity index (χ0n) is 14.3. The first-order chi connectivity index (χ1) is 13.2. The van der Waals surface area contributed by atoms with Crippen molar-refractivity contribution in [1.82, 2.24) is 4.98 Å². The molecule has 0 saturated carbocycles. The third kappa shape index (κ3) is 4.05. The van der Waals surface area contributed by atoms with Crippen molar-refractivity contribution in [3.63, 3.8) is 0 Å². The van der Waals surface area contributed by atoms with Gasteiger partial charge < -0.3 is 9.29 Å². The Balaban J connectivity index is 2.33. The SMILES string of the molecule is COc1cc(-c2ccc(S(=O)[O-])cc2)c(-c2ccc(F)cc2)c(C(F)(F)F)n1. The van der Waals surface area contributed by atoms with Gasteiger partial charge in [-0.05, 0) is 52.0 Å². The maximum atomic E-state index is 13.7. The van der Waals surface area contributed by atoms with E-state index in [1.807, 2.05) is 0 Å². The summed E-state index contributed by atoms with van der Waals surface area (Å²) in [5, 5.41) is 0. The van der Waals surface area contributed by atoms with Crippen molar-refractivity contribution in [2.75, 3.05) is 7.11 Å². The molecule has 146 valence electrons. The molecule has 0 aliphatic carbocycles. The van der Waals surface area contributed by atoms with Crippen LogP contribution in [-0.2, 0) is 17.3 Å². The van der Waals surface area contributed by atoms with Crippen molar-refractivity contribution in [3.8, 4) is 28.1 Å². The summed E-state index contributed by atoms with van der Waals surface area (Å²) in [6.45, 7) is 0. The second kappa shape index (κ2) is 7.69. The van der Waals surface area contributed by atoms with Crippen LogP contribution in [0.3, 0.4) is 0 Å². The first kappa shape index (κ1) is 20.0. The smallest absolute Gasteiger partial charge is 0.434 e. The van der Waals surface area contributed by atoms with E-state index in [0.717, 1.165) is 12.1 Å². The van der Waals surface area contributed by atoms with Gasteiger partial charge in [0.05, 0.1) is 7.11 Å². The summed E-state index contributed by atoms with van der Waals surface area (Å²) in [4.78, 5) is 3.54. The van der Waals surface area contributed by atoms with Gasteiger partial charge in [-0.2, -0.15) is 13.2 Å². The minimum Gasteiger partial charge on any atom is -0.768 e. The zero-order chi connectivity index (χ0) is 20.5. The van der Waals surface area contributed by atoms with Crippen LogP contribution in [0.5, 0.6) is 5.88 Å². The van der Waals surface area contributed by atoms with E-state index in [0.29, 0.717) is 5.56 Å². The summed E-state index contributed by atoms with van der Waals surface area (Å²) in [6.07, 6.45) is -4.80. The van der Waals surface area contributed by atoms with E-state index < -0.39 is 28.8 Å². The molecule has 0 saturated heterocycles. The Kier molecular flexibility index (Phi) is 5.48. The highest BCUT2D eigenvalue weighted by molar-refractivity contribution is 7.79. The Hall–Kier alpha value is -2.78. The van der Waals surface area contributed by atoms with E-state index in [-0.39, 0.29) is 27.5 Å². The van der Waals surface area contributed by atoms with Crippen molar-refractivity contribution < 1.29 is 31.1 Å². The minimum absolute atomic E-state index is 0.0100. The number of rotatable bonds is 4. The molecule has 0 N–H and O–H groups in total. The molecule has 0 aliphatic rings. The van der Waals surface area contributed by atoms with Crippen LogP contribution in [0.25, 0.3) is 22.3 Å². The Morgan fingerprint density at radius 1 is 1.00 bits per heavy atom. The van der Waals surface area contributed by atoms with Gasteiger partial charge in [0.1, 0.15) is 5.82 Å². The van der Waals surface area contributed by atoms with Gasteiger partial charge in [-0.3, -0.25) is 4.21 Å². The molecule has 0 bridgehead atoms. The molecule has 0 spiro atoms. The van der Waals surface area contributed by atoms with Gasteiger partial charge in [-0.15, -0.1) is 0 Å². The van der Waals surface area contributed by atoms with E-state index in [1.54, 1.807) is 0 Å². The molecule has 2 aromatic carbocycles. The number of benzene rings is 2. The number of ether oxygens (including phenoxy) is 1. The molecular formula is C19H12F4NO3S-.